The predicted molar refractivity (Wildman–Crippen MR) is 104 cm³/mol. The smallest absolute Gasteiger partial charge is 0.164 e. The highest BCUT2D eigenvalue weighted by molar-refractivity contribution is 5.98. The molecule has 2 aromatic carbocycles. The number of Topliss-reactive ketones (excluding diaryl/α,β-unsaturated/α-hetero) is 1. The molecule has 1 heteroatoms. The molecule has 0 fully saturated rings. The molecule has 0 amide bonds. The maximum Gasteiger partial charge on any atom is 0.164 e. The van der Waals surface area contributed by atoms with Crippen molar-refractivity contribution in [2.75, 3.05) is 0 Å². The fourth-order valence-electron chi connectivity index (χ4n) is 2.41. The Balaban J connectivity index is 1.96. The summed E-state index contributed by atoms with van der Waals surface area (Å²) in [5.41, 5.74) is 2.46. The van der Waals surface area contributed by atoms with Crippen molar-refractivity contribution in [3.05, 3.63) is 71.3 Å². The molecular weight excluding hydrogens is 304 g/mol. The van der Waals surface area contributed by atoms with E-state index < -0.39 is 0 Å². The van der Waals surface area contributed by atoms with Crippen LogP contribution >= 0.6 is 0 Å². The van der Waals surface area contributed by atoms with Crippen LogP contribution in [0.2, 0.25) is 0 Å². The van der Waals surface area contributed by atoms with Gasteiger partial charge in [0.2, 0.25) is 0 Å². The van der Waals surface area contributed by atoms with Gasteiger partial charge in [-0.25, -0.2) is 0 Å². The number of ketones is 1. The van der Waals surface area contributed by atoms with Crippen LogP contribution < -0.4 is 0 Å². The van der Waals surface area contributed by atoms with E-state index in [0.717, 1.165) is 36.8 Å². The van der Waals surface area contributed by atoms with Gasteiger partial charge in [0, 0.05) is 36.0 Å². The lowest BCUT2D eigenvalue weighted by atomic mass is 10.00. The highest BCUT2D eigenvalue weighted by atomic mass is 16.1. The summed E-state index contributed by atoms with van der Waals surface area (Å²) < 4.78 is 0. The van der Waals surface area contributed by atoms with Gasteiger partial charge in [-0.15, -0.1) is 11.8 Å². The summed E-state index contributed by atoms with van der Waals surface area (Å²) in [5.74, 6) is 12.7. The second kappa shape index (κ2) is 10.9. The summed E-state index contributed by atoms with van der Waals surface area (Å²) in [5, 5.41) is 0. The zero-order valence-corrected chi connectivity index (χ0v) is 14.8. The Hall–Kier alpha value is -2.77. The molecule has 0 atom stereocenters. The molecule has 0 N–H and O–H groups in total. The zero-order chi connectivity index (χ0) is 17.7. The van der Waals surface area contributed by atoms with E-state index in [9.17, 15) is 4.79 Å². The van der Waals surface area contributed by atoms with Crippen molar-refractivity contribution in [1.29, 1.82) is 0 Å². The van der Waals surface area contributed by atoms with Gasteiger partial charge in [0.15, 0.2) is 5.78 Å². The topological polar surface area (TPSA) is 17.1 Å². The molecule has 126 valence electrons. The Morgan fingerprint density at radius 3 is 2.28 bits per heavy atom. The summed E-state index contributed by atoms with van der Waals surface area (Å²) in [6.45, 7) is 2.17. The molecule has 0 aliphatic carbocycles. The van der Waals surface area contributed by atoms with Crippen molar-refractivity contribution in [3.8, 4) is 23.7 Å². The first-order valence-corrected chi connectivity index (χ1v) is 8.96. The minimum Gasteiger partial charge on any atom is -0.294 e. The lowest BCUT2D eigenvalue weighted by Crippen LogP contribution is -2.01. The molecule has 0 radical (unpaired) electrons. The second-order valence-corrected chi connectivity index (χ2v) is 5.90. The third kappa shape index (κ3) is 6.70. The number of rotatable bonds is 6. The van der Waals surface area contributed by atoms with Crippen molar-refractivity contribution in [2.45, 2.75) is 45.4 Å². The molecule has 0 saturated heterocycles. The maximum atomic E-state index is 12.5. The van der Waals surface area contributed by atoms with Crippen LogP contribution in [0.5, 0.6) is 0 Å². The molecule has 0 saturated carbocycles. The molecule has 25 heavy (non-hydrogen) atoms. The molecule has 0 aromatic heterocycles. The van der Waals surface area contributed by atoms with Crippen molar-refractivity contribution >= 4 is 5.78 Å². The fraction of sp³-hybridized carbons (Fsp3) is 0.292. The van der Waals surface area contributed by atoms with Crippen molar-refractivity contribution in [3.63, 3.8) is 0 Å². The Bertz CT molecular complexity index is 794. The fourth-order valence-corrected chi connectivity index (χ4v) is 2.41. The highest BCUT2D eigenvalue weighted by Gasteiger charge is 2.08. The predicted octanol–water partition coefficient (Wildman–Crippen LogP) is 5.63. The van der Waals surface area contributed by atoms with E-state index in [2.05, 4.69) is 30.6 Å². The summed E-state index contributed by atoms with van der Waals surface area (Å²) in [7, 11) is 0. The first-order chi connectivity index (χ1) is 12.3. The molecule has 2 rings (SSSR count). The van der Waals surface area contributed by atoms with Crippen molar-refractivity contribution in [2.24, 2.45) is 0 Å². The van der Waals surface area contributed by atoms with Crippen LogP contribution in [-0.4, -0.2) is 5.78 Å². The number of unbranched alkanes of at least 4 members (excludes halogenated alkanes) is 3. The van der Waals surface area contributed by atoms with Crippen LogP contribution in [0.15, 0.2) is 54.6 Å². The third-order valence-corrected chi connectivity index (χ3v) is 3.83. The molecule has 0 heterocycles. The van der Waals surface area contributed by atoms with Gasteiger partial charge in [-0.1, -0.05) is 61.6 Å². The van der Waals surface area contributed by atoms with Crippen LogP contribution in [0.25, 0.3) is 0 Å². The van der Waals surface area contributed by atoms with E-state index in [4.69, 9.17) is 0 Å². The van der Waals surface area contributed by atoms with Crippen LogP contribution in [0, 0.1) is 23.7 Å². The Kier molecular flexibility index (Phi) is 8.10. The summed E-state index contributed by atoms with van der Waals surface area (Å²) in [6.07, 6.45) is 5.40. The molecule has 0 aliphatic rings. The zero-order valence-electron chi connectivity index (χ0n) is 14.8. The maximum absolute atomic E-state index is 12.5. The average molecular weight is 328 g/mol. The molecule has 0 bridgehead atoms. The van der Waals surface area contributed by atoms with Crippen LogP contribution in [0.4, 0.5) is 0 Å². The summed E-state index contributed by atoms with van der Waals surface area (Å²) in [4.78, 5) is 12.5. The summed E-state index contributed by atoms with van der Waals surface area (Å²) in [6, 6.07) is 17.4. The number of hydrogen-bond donors (Lipinski definition) is 0. The van der Waals surface area contributed by atoms with Gasteiger partial charge in [-0.3, -0.25) is 4.79 Å². The third-order valence-electron chi connectivity index (χ3n) is 3.83. The van der Waals surface area contributed by atoms with Crippen LogP contribution in [0.3, 0.4) is 0 Å². The number of hydrogen-bond acceptors (Lipinski definition) is 1. The van der Waals surface area contributed by atoms with E-state index in [-0.39, 0.29) is 5.78 Å². The second-order valence-electron chi connectivity index (χ2n) is 5.90. The number of benzene rings is 2. The highest BCUT2D eigenvalue weighted by Crippen LogP contribution is 2.12. The van der Waals surface area contributed by atoms with Crippen molar-refractivity contribution in [1.82, 2.24) is 0 Å². The van der Waals surface area contributed by atoms with E-state index in [1.807, 2.05) is 54.6 Å². The number of carbonyl (C=O) groups excluding carboxylic acids is 1. The van der Waals surface area contributed by atoms with Gasteiger partial charge in [0.25, 0.3) is 0 Å². The molecule has 2 aromatic rings. The molecule has 1 nitrogen and oxygen atoms in total. The van der Waals surface area contributed by atoms with Gasteiger partial charge < -0.3 is 0 Å². The Morgan fingerprint density at radius 1 is 0.840 bits per heavy atom. The summed E-state index contributed by atoms with van der Waals surface area (Å²) >= 11 is 0. The van der Waals surface area contributed by atoms with Crippen LogP contribution in [-0.2, 0) is 0 Å². The standard InChI is InChI=1S/C24H24O/c1-2-3-4-5-6-7-11-18-24(25)23-17-13-12-16-22(23)20-19-21-14-9-8-10-15-21/h8-10,12-17H,2-4,7,11,18H2,1H3. The van der Waals surface area contributed by atoms with Gasteiger partial charge >= 0.3 is 0 Å². The average Bonchev–Trinajstić information content (AvgIpc) is 2.66. The van der Waals surface area contributed by atoms with Gasteiger partial charge in [-0.2, -0.15) is 0 Å². The SMILES string of the molecule is CCCCC#CCCCC(=O)c1ccccc1C#Cc1ccccc1. The van der Waals surface area contributed by atoms with E-state index in [1.165, 1.54) is 6.42 Å². The van der Waals surface area contributed by atoms with E-state index >= 15 is 0 Å². The first-order valence-electron chi connectivity index (χ1n) is 8.96. The Labute approximate surface area is 151 Å². The van der Waals surface area contributed by atoms with Crippen LogP contribution in [0.1, 0.15) is 66.9 Å². The molecule has 0 aliphatic heterocycles. The molecular formula is C24H24O. The van der Waals surface area contributed by atoms with Gasteiger partial charge in [0.05, 0.1) is 0 Å². The van der Waals surface area contributed by atoms with E-state index in [1.54, 1.807) is 0 Å². The molecule has 0 spiro atoms. The van der Waals surface area contributed by atoms with Crippen molar-refractivity contribution < 1.29 is 4.79 Å². The lowest BCUT2D eigenvalue weighted by molar-refractivity contribution is 0.0980. The molecule has 0 unspecified atom stereocenters. The van der Waals surface area contributed by atoms with Gasteiger partial charge in [0.1, 0.15) is 0 Å². The lowest BCUT2D eigenvalue weighted by Gasteiger charge is -2.02. The number of carbonyl (C=O) groups is 1. The van der Waals surface area contributed by atoms with E-state index in [0.29, 0.717) is 12.0 Å². The minimum atomic E-state index is 0.147. The normalized spacial score (nSPS) is 9.48. The Morgan fingerprint density at radius 2 is 1.52 bits per heavy atom. The quantitative estimate of drug-likeness (QED) is 0.381. The largest absolute Gasteiger partial charge is 0.294 e. The first kappa shape index (κ1) is 18.6. The van der Waals surface area contributed by atoms with Gasteiger partial charge in [-0.05, 0) is 31.0 Å². The minimum absolute atomic E-state index is 0.147. The monoisotopic (exact) mass is 328 g/mol.